The smallest absolute Gasteiger partial charge is 0.307 e. The molecule has 0 saturated heterocycles. The second kappa shape index (κ2) is 6.31. The highest BCUT2D eigenvalue weighted by atomic mass is 16.4. The number of aliphatic carboxylic acids is 1. The van der Waals surface area contributed by atoms with Gasteiger partial charge in [0.1, 0.15) is 0 Å². The summed E-state index contributed by atoms with van der Waals surface area (Å²) in [5.41, 5.74) is 2.80. The highest BCUT2D eigenvalue weighted by Crippen LogP contribution is 2.19. The summed E-state index contributed by atoms with van der Waals surface area (Å²) in [6.07, 6.45) is 6.79. The van der Waals surface area contributed by atoms with Gasteiger partial charge in [0.2, 0.25) is 0 Å². The average molecular weight is 308 g/mol. The monoisotopic (exact) mass is 308 g/mol. The van der Waals surface area contributed by atoms with Crippen molar-refractivity contribution in [1.82, 2.24) is 14.5 Å². The number of benzene rings is 1. The molecule has 23 heavy (non-hydrogen) atoms. The van der Waals surface area contributed by atoms with E-state index in [1.807, 2.05) is 31.2 Å². The van der Waals surface area contributed by atoms with Crippen molar-refractivity contribution in [3.63, 3.8) is 0 Å². The van der Waals surface area contributed by atoms with Crippen LogP contribution >= 0.6 is 0 Å². The van der Waals surface area contributed by atoms with Gasteiger partial charge >= 0.3 is 5.97 Å². The first-order valence-corrected chi connectivity index (χ1v) is 7.15. The van der Waals surface area contributed by atoms with Crippen LogP contribution in [0.4, 0.5) is 11.5 Å². The van der Waals surface area contributed by atoms with Crippen LogP contribution in [0.25, 0.3) is 5.82 Å². The molecule has 2 aromatic heterocycles. The van der Waals surface area contributed by atoms with Gasteiger partial charge in [-0.3, -0.25) is 9.78 Å². The molecule has 6 heteroatoms. The van der Waals surface area contributed by atoms with Crippen molar-refractivity contribution in [1.29, 1.82) is 0 Å². The van der Waals surface area contributed by atoms with Gasteiger partial charge in [0.25, 0.3) is 0 Å². The molecule has 3 rings (SSSR count). The third-order valence-corrected chi connectivity index (χ3v) is 3.40. The van der Waals surface area contributed by atoms with Crippen LogP contribution in [0, 0.1) is 6.92 Å². The van der Waals surface area contributed by atoms with Crippen molar-refractivity contribution in [3.05, 3.63) is 66.2 Å². The Kier molecular flexibility index (Phi) is 4.05. The van der Waals surface area contributed by atoms with Gasteiger partial charge in [-0.25, -0.2) is 4.98 Å². The molecule has 2 N–H and O–H groups in total. The van der Waals surface area contributed by atoms with Crippen LogP contribution in [0.15, 0.2) is 55.1 Å². The summed E-state index contributed by atoms with van der Waals surface area (Å²) in [4.78, 5) is 19.5. The maximum atomic E-state index is 10.8. The van der Waals surface area contributed by atoms with E-state index in [0.717, 1.165) is 16.8 Å². The fourth-order valence-corrected chi connectivity index (χ4v) is 2.25. The van der Waals surface area contributed by atoms with Crippen LogP contribution in [0.3, 0.4) is 0 Å². The number of carbonyl (C=O) groups is 1. The molecule has 1 aromatic carbocycles. The third-order valence-electron chi connectivity index (χ3n) is 3.40. The first kappa shape index (κ1) is 14.8. The molecule has 0 saturated carbocycles. The van der Waals surface area contributed by atoms with E-state index in [9.17, 15) is 4.79 Å². The minimum Gasteiger partial charge on any atom is -0.481 e. The van der Waals surface area contributed by atoms with Crippen LogP contribution < -0.4 is 5.32 Å². The van der Waals surface area contributed by atoms with E-state index in [1.165, 1.54) is 0 Å². The summed E-state index contributed by atoms with van der Waals surface area (Å²) in [6.45, 7) is 2.02. The quantitative estimate of drug-likeness (QED) is 0.757. The lowest BCUT2D eigenvalue weighted by Gasteiger charge is -2.09. The maximum Gasteiger partial charge on any atom is 0.307 e. The molecule has 0 aliphatic rings. The Bertz CT molecular complexity index is 842. The van der Waals surface area contributed by atoms with E-state index >= 15 is 0 Å². The molecule has 0 atom stereocenters. The van der Waals surface area contributed by atoms with Gasteiger partial charge in [-0.1, -0.05) is 18.2 Å². The SMILES string of the molecule is Cc1ccccc1Nc1cncc(-n2ccc(CC(=O)O)c2)n1. The van der Waals surface area contributed by atoms with Crippen LogP contribution in [-0.2, 0) is 11.2 Å². The number of nitrogens with one attached hydrogen (secondary N) is 1. The Balaban J connectivity index is 1.84. The zero-order chi connectivity index (χ0) is 16.2. The Morgan fingerprint density at radius 3 is 2.87 bits per heavy atom. The van der Waals surface area contributed by atoms with Gasteiger partial charge in [0, 0.05) is 18.1 Å². The molecular weight excluding hydrogens is 292 g/mol. The molecule has 0 aliphatic heterocycles. The molecule has 116 valence electrons. The van der Waals surface area contributed by atoms with Crippen molar-refractivity contribution >= 4 is 17.5 Å². The minimum absolute atomic E-state index is 0.0123. The predicted molar refractivity (Wildman–Crippen MR) is 87.2 cm³/mol. The lowest BCUT2D eigenvalue weighted by Crippen LogP contribution is -2.02. The number of hydrogen-bond acceptors (Lipinski definition) is 4. The lowest BCUT2D eigenvalue weighted by molar-refractivity contribution is -0.136. The van der Waals surface area contributed by atoms with Crippen LogP contribution in [0.5, 0.6) is 0 Å². The molecule has 0 aliphatic carbocycles. The normalized spacial score (nSPS) is 10.5. The molecule has 3 aromatic rings. The number of anilines is 2. The van der Waals surface area contributed by atoms with E-state index in [-0.39, 0.29) is 6.42 Å². The number of aromatic nitrogens is 3. The highest BCUT2D eigenvalue weighted by molar-refractivity contribution is 5.70. The molecule has 0 radical (unpaired) electrons. The summed E-state index contributed by atoms with van der Waals surface area (Å²) in [5, 5.41) is 12.1. The van der Waals surface area contributed by atoms with Crippen molar-refractivity contribution in [2.75, 3.05) is 5.32 Å². The van der Waals surface area contributed by atoms with E-state index in [0.29, 0.717) is 11.6 Å². The van der Waals surface area contributed by atoms with E-state index < -0.39 is 5.97 Å². The van der Waals surface area contributed by atoms with Gasteiger partial charge in [0.15, 0.2) is 11.6 Å². The Hall–Kier alpha value is -3.15. The van der Waals surface area contributed by atoms with Gasteiger partial charge in [-0.2, -0.15) is 0 Å². The second-order valence-corrected chi connectivity index (χ2v) is 5.20. The summed E-state index contributed by atoms with van der Waals surface area (Å²) in [6, 6.07) is 9.69. The Morgan fingerprint density at radius 1 is 1.26 bits per heavy atom. The molecule has 6 nitrogen and oxygen atoms in total. The summed E-state index contributed by atoms with van der Waals surface area (Å²) in [7, 11) is 0. The molecule has 0 unspecified atom stereocenters. The van der Waals surface area contributed by atoms with E-state index in [2.05, 4.69) is 15.3 Å². The van der Waals surface area contributed by atoms with Crippen LogP contribution in [-0.4, -0.2) is 25.6 Å². The third kappa shape index (κ3) is 3.55. The van der Waals surface area contributed by atoms with Crippen LogP contribution in [0.2, 0.25) is 0 Å². The maximum absolute atomic E-state index is 10.8. The molecule has 0 spiro atoms. The van der Waals surface area contributed by atoms with Gasteiger partial charge in [-0.15, -0.1) is 0 Å². The Labute approximate surface area is 133 Å². The van der Waals surface area contributed by atoms with Crippen molar-refractivity contribution in [3.8, 4) is 5.82 Å². The zero-order valence-electron chi connectivity index (χ0n) is 12.6. The lowest BCUT2D eigenvalue weighted by atomic mass is 10.2. The summed E-state index contributed by atoms with van der Waals surface area (Å²) < 4.78 is 1.76. The van der Waals surface area contributed by atoms with E-state index in [1.54, 1.807) is 35.4 Å². The summed E-state index contributed by atoms with van der Waals surface area (Å²) >= 11 is 0. The zero-order valence-corrected chi connectivity index (χ0v) is 12.6. The Morgan fingerprint density at radius 2 is 2.09 bits per heavy atom. The number of rotatable bonds is 5. The number of hydrogen-bond donors (Lipinski definition) is 2. The number of carboxylic acids is 1. The first-order valence-electron chi connectivity index (χ1n) is 7.15. The van der Waals surface area contributed by atoms with E-state index in [4.69, 9.17) is 5.11 Å². The minimum atomic E-state index is -0.858. The fraction of sp³-hybridized carbons (Fsp3) is 0.118. The molecule has 0 amide bonds. The largest absolute Gasteiger partial charge is 0.481 e. The number of nitrogens with zero attached hydrogens (tertiary/aromatic N) is 3. The fourth-order valence-electron chi connectivity index (χ4n) is 2.25. The number of aryl methyl sites for hydroxylation is 1. The topological polar surface area (TPSA) is 80.0 Å². The highest BCUT2D eigenvalue weighted by Gasteiger charge is 2.06. The number of carboxylic acid groups (broad SMARTS) is 1. The van der Waals surface area contributed by atoms with Crippen LogP contribution in [0.1, 0.15) is 11.1 Å². The van der Waals surface area contributed by atoms with Gasteiger partial charge in [0.05, 0.1) is 18.8 Å². The standard InChI is InChI=1S/C17H16N4O2/c1-12-4-2-3-5-14(12)19-15-9-18-10-16(20-15)21-7-6-13(11-21)8-17(22)23/h2-7,9-11H,8H2,1H3,(H,19,20)(H,22,23). The van der Waals surface area contributed by atoms with Crippen molar-refractivity contribution in [2.24, 2.45) is 0 Å². The summed E-state index contributed by atoms with van der Waals surface area (Å²) in [5.74, 6) is 0.398. The second-order valence-electron chi connectivity index (χ2n) is 5.20. The number of para-hydroxylation sites is 1. The molecular formula is C17H16N4O2. The predicted octanol–water partition coefficient (Wildman–Crippen LogP) is 2.95. The molecule has 0 bridgehead atoms. The van der Waals surface area contributed by atoms with Crippen molar-refractivity contribution in [2.45, 2.75) is 13.3 Å². The van der Waals surface area contributed by atoms with Crippen molar-refractivity contribution < 1.29 is 9.90 Å². The van der Waals surface area contributed by atoms with Gasteiger partial charge in [-0.05, 0) is 30.2 Å². The molecule has 0 fully saturated rings. The molecule has 2 heterocycles. The van der Waals surface area contributed by atoms with Gasteiger partial charge < -0.3 is 15.0 Å². The first-order chi connectivity index (χ1) is 11.1. The average Bonchev–Trinajstić information content (AvgIpc) is 2.98.